The van der Waals surface area contributed by atoms with Crippen molar-refractivity contribution >= 4 is 43.6 Å². The molecule has 0 unspecified atom stereocenters. The number of halogens is 3. The summed E-state index contributed by atoms with van der Waals surface area (Å²) < 4.78 is 48.8. The summed E-state index contributed by atoms with van der Waals surface area (Å²) >= 11 is 0. The lowest BCUT2D eigenvalue weighted by atomic mass is 9.95. The molecule has 12 aromatic rings. The molecule has 0 N–H and O–H groups in total. The first-order valence-corrected chi connectivity index (χ1v) is 24.4. The SMILES string of the molecule is N#Cc1cc(-c2cc(-n3c4ccc(-c5ccccc5C#N)cc4c4cc(-c5ccccc5C#N)ccc43)c(C#N)cc2-n2c3ccc(-c4ccccc4C#N)cc3c3cc(-c4ccccc4C#N)ccc32)cc(C(F)(F)F)c1. The summed E-state index contributed by atoms with van der Waals surface area (Å²) in [6.45, 7) is 0. The molecule has 8 nitrogen and oxygen atoms in total. The molecule has 12 rings (SSSR count). The summed E-state index contributed by atoms with van der Waals surface area (Å²) in [5.74, 6) is 0. The van der Waals surface area contributed by atoms with Gasteiger partial charge in [0.15, 0.2) is 0 Å². The predicted octanol–water partition coefficient (Wildman–Crippen LogP) is 16.5. The van der Waals surface area contributed by atoms with Gasteiger partial charge in [0.1, 0.15) is 6.07 Å². The molecule has 0 spiro atoms. The van der Waals surface area contributed by atoms with Crippen LogP contribution >= 0.6 is 0 Å². The van der Waals surface area contributed by atoms with Crippen molar-refractivity contribution in [2.75, 3.05) is 0 Å². The molecule has 0 aliphatic carbocycles. The van der Waals surface area contributed by atoms with E-state index in [-0.39, 0.29) is 22.3 Å². The summed E-state index contributed by atoms with van der Waals surface area (Å²) in [6.07, 6.45) is -4.84. The Balaban J connectivity index is 1.20. The van der Waals surface area contributed by atoms with Gasteiger partial charge in [0, 0.05) is 27.1 Å². The van der Waals surface area contributed by atoms with E-state index in [4.69, 9.17) is 0 Å². The second-order valence-corrected chi connectivity index (χ2v) is 18.6. The van der Waals surface area contributed by atoms with Crippen LogP contribution in [0, 0.1) is 68.0 Å². The molecule has 362 valence electrons. The van der Waals surface area contributed by atoms with Gasteiger partial charge in [-0.1, -0.05) is 97.1 Å². The Hall–Kier alpha value is -11.5. The Kier molecular flexibility index (Phi) is 11.4. The second kappa shape index (κ2) is 18.8. The molecule has 0 radical (unpaired) electrons. The minimum Gasteiger partial charge on any atom is -0.309 e. The zero-order chi connectivity index (χ0) is 53.8. The van der Waals surface area contributed by atoms with Crippen LogP contribution in [0.25, 0.3) is 111 Å². The molecular weight excluding hydrogens is 974 g/mol. The lowest BCUT2D eigenvalue weighted by molar-refractivity contribution is -0.137. The lowest BCUT2D eigenvalue weighted by Crippen LogP contribution is -2.07. The van der Waals surface area contributed by atoms with E-state index in [0.717, 1.165) is 45.2 Å². The monoisotopic (exact) mass is 1010 g/mol. The number of rotatable bonds is 7. The number of fused-ring (bicyclic) bond motifs is 6. The fourth-order valence-corrected chi connectivity index (χ4v) is 10.8. The van der Waals surface area contributed by atoms with E-state index in [2.05, 4.69) is 30.3 Å². The van der Waals surface area contributed by atoms with Crippen LogP contribution in [-0.4, -0.2) is 9.13 Å². The molecule has 0 aliphatic heterocycles. The van der Waals surface area contributed by atoms with E-state index in [1.807, 2.05) is 137 Å². The number of hydrogen-bond acceptors (Lipinski definition) is 6. The van der Waals surface area contributed by atoms with Crippen molar-refractivity contribution in [1.29, 1.82) is 31.6 Å². The van der Waals surface area contributed by atoms with Gasteiger partial charge in [-0.3, -0.25) is 0 Å². The van der Waals surface area contributed by atoms with E-state index < -0.39 is 11.7 Å². The number of aromatic nitrogens is 2. The van der Waals surface area contributed by atoms with Gasteiger partial charge in [-0.2, -0.15) is 44.7 Å². The van der Waals surface area contributed by atoms with Crippen LogP contribution in [0.15, 0.2) is 200 Å². The van der Waals surface area contributed by atoms with E-state index in [9.17, 15) is 44.7 Å². The fraction of sp³-hybridized carbons (Fsp3) is 0.0149. The van der Waals surface area contributed by atoms with Gasteiger partial charge in [0.2, 0.25) is 0 Å². The van der Waals surface area contributed by atoms with Crippen molar-refractivity contribution in [1.82, 2.24) is 9.13 Å². The zero-order valence-electron chi connectivity index (χ0n) is 40.8. The molecule has 78 heavy (non-hydrogen) atoms. The third kappa shape index (κ3) is 7.82. The van der Waals surface area contributed by atoms with E-state index in [1.165, 1.54) is 6.07 Å². The van der Waals surface area contributed by atoms with Gasteiger partial charge in [0.05, 0.1) is 103 Å². The summed E-state index contributed by atoms with van der Waals surface area (Å²) in [5, 5.41) is 65.3. The molecule has 0 amide bonds. The first-order chi connectivity index (χ1) is 38.0. The number of benzene rings is 10. The lowest BCUT2D eigenvalue weighted by Gasteiger charge is -2.20. The first-order valence-electron chi connectivity index (χ1n) is 24.4. The molecular formula is C67H33F3N8. The van der Waals surface area contributed by atoms with Gasteiger partial charge in [-0.05, 0) is 153 Å². The van der Waals surface area contributed by atoms with Gasteiger partial charge < -0.3 is 9.13 Å². The van der Waals surface area contributed by atoms with Crippen molar-refractivity contribution in [2.24, 2.45) is 0 Å². The van der Waals surface area contributed by atoms with Crippen LogP contribution in [0.3, 0.4) is 0 Å². The normalized spacial score (nSPS) is 11.2. The molecule has 2 heterocycles. The van der Waals surface area contributed by atoms with Crippen molar-refractivity contribution in [3.8, 4) is 103 Å². The Labute approximate surface area is 444 Å². The summed E-state index contributed by atoms with van der Waals surface area (Å²) in [4.78, 5) is 0. The smallest absolute Gasteiger partial charge is 0.309 e. The molecule has 10 aromatic carbocycles. The minimum absolute atomic E-state index is 0.0582. The van der Waals surface area contributed by atoms with Crippen LogP contribution in [0.2, 0.25) is 0 Å². The van der Waals surface area contributed by atoms with Gasteiger partial charge in [-0.25, -0.2) is 0 Å². The highest BCUT2D eigenvalue weighted by Gasteiger charge is 2.32. The highest BCUT2D eigenvalue weighted by Crippen LogP contribution is 2.45. The molecule has 0 saturated carbocycles. The van der Waals surface area contributed by atoms with Crippen molar-refractivity contribution in [3.05, 3.63) is 239 Å². The van der Waals surface area contributed by atoms with Crippen molar-refractivity contribution in [3.63, 3.8) is 0 Å². The Morgan fingerprint density at radius 1 is 0.295 bits per heavy atom. The van der Waals surface area contributed by atoms with E-state index >= 15 is 0 Å². The minimum atomic E-state index is -4.84. The molecule has 0 fully saturated rings. The van der Waals surface area contributed by atoms with Crippen LogP contribution in [0.5, 0.6) is 0 Å². The predicted molar refractivity (Wildman–Crippen MR) is 296 cm³/mol. The standard InChI is InChI=1S/C67H33F3N8/c68-67(69,70)51-26-40(34-71)25-49(27-51)56-33-65(77-61-21-17-41(52-13-5-1-9-45(52)35-72)28-57(61)58-29-42(18-22-62(58)77)53-14-6-2-10-46(53)36-73)50(39-76)32-66(56)78-63-23-19-43(54-15-7-3-11-47(54)37-74)30-59(63)60-31-44(20-24-64(60)78)55-16-8-4-12-48(55)38-75/h1-33H. The maximum Gasteiger partial charge on any atom is 0.416 e. The van der Waals surface area contributed by atoms with Crippen LogP contribution in [-0.2, 0) is 6.18 Å². The van der Waals surface area contributed by atoms with E-state index in [1.54, 1.807) is 60.7 Å². The first kappa shape index (κ1) is 47.5. The summed E-state index contributed by atoms with van der Waals surface area (Å²) in [6, 6.07) is 72.1. The van der Waals surface area contributed by atoms with E-state index in [0.29, 0.717) is 88.7 Å². The fourth-order valence-electron chi connectivity index (χ4n) is 10.8. The maximum absolute atomic E-state index is 15.0. The molecule has 0 saturated heterocycles. The molecule has 0 bridgehead atoms. The summed E-state index contributed by atoms with van der Waals surface area (Å²) in [7, 11) is 0. The quantitative estimate of drug-likeness (QED) is 0.155. The third-order valence-corrected chi connectivity index (χ3v) is 14.4. The number of alkyl halides is 3. The largest absolute Gasteiger partial charge is 0.416 e. The van der Waals surface area contributed by atoms with Gasteiger partial charge >= 0.3 is 6.18 Å². The second-order valence-electron chi connectivity index (χ2n) is 18.6. The molecule has 0 atom stereocenters. The Morgan fingerprint density at radius 3 is 0.974 bits per heavy atom. The average Bonchev–Trinajstić information content (AvgIpc) is 4.22. The van der Waals surface area contributed by atoms with Crippen molar-refractivity contribution < 1.29 is 13.2 Å². The highest BCUT2D eigenvalue weighted by molar-refractivity contribution is 6.14. The van der Waals surface area contributed by atoms with Crippen LogP contribution in [0.1, 0.15) is 38.9 Å². The Morgan fingerprint density at radius 2 is 0.641 bits per heavy atom. The number of nitriles is 6. The highest BCUT2D eigenvalue weighted by atomic mass is 19.4. The topological polar surface area (TPSA) is 153 Å². The van der Waals surface area contributed by atoms with Crippen LogP contribution in [0.4, 0.5) is 13.2 Å². The molecule has 2 aromatic heterocycles. The number of nitrogens with zero attached hydrogens (tertiary/aromatic N) is 8. The van der Waals surface area contributed by atoms with Gasteiger partial charge in [0.25, 0.3) is 0 Å². The van der Waals surface area contributed by atoms with Gasteiger partial charge in [-0.15, -0.1) is 0 Å². The summed E-state index contributed by atoms with van der Waals surface area (Å²) in [5.41, 5.74) is 9.95. The average molecular weight is 1010 g/mol. The van der Waals surface area contributed by atoms with Crippen molar-refractivity contribution in [2.45, 2.75) is 6.18 Å². The van der Waals surface area contributed by atoms with Crippen LogP contribution < -0.4 is 0 Å². The molecule has 11 heteroatoms. The number of hydrogen-bond donors (Lipinski definition) is 0. The third-order valence-electron chi connectivity index (χ3n) is 14.4. The molecule has 0 aliphatic rings. The zero-order valence-corrected chi connectivity index (χ0v) is 40.8. The Bertz CT molecular complexity index is 4590. The maximum atomic E-state index is 15.0.